The Kier molecular flexibility index (Phi) is 4.18. The van der Waals surface area contributed by atoms with E-state index in [0.29, 0.717) is 12.8 Å². The summed E-state index contributed by atoms with van der Waals surface area (Å²) >= 11 is 0. The summed E-state index contributed by atoms with van der Waals surface area (Å²) in [5.74, 6) is -1.02. The Morgan fingerprint density at radius 2 is 2.00 bits per heavy atom. The van der Waals surface area contributed by atoms with Crippen molar-refractivity contribution < 1.29 is 14.7 Å². The smallest absolute Gasteiger partial charge is 0.305 e. The Bertz CT molecular complexity index is 589. The molecule has 0 atom stereocenters. The summed E-state index contributed by atoms with van der Waals surface area (Å²) < 4.78 is 0. The number of carbonyl (C=O) groups excluding carboxylic acids is 1. The monoisotopic (exact) mass is 260 g/mol. The molecule has 100 valence electrons. The highest BCUT2D eigenvalue weighted by Crippen LogP contribution is 2.18. The van der Waals surface area contributed by atoms with Gasteiger partial charge in [0, 0.05) is 30.1 Å². The molecule has 0 radical (unpaired) electrons. The largest absolute Gasteiger partial charge is 0.481 e. The standard InChI is InChI=1S/C14H16N2O3/c17-13(15-8-7-14(18)19)6-5-10-9-16-12-4-2-1-3-11(10)12/h1-4,9,16H,5-8H2,(H,15,17)(H,18,19). The van der Waals surface area contributed by atoms with Gasteiger partial charge in [0.2, 0.25) is 5.91 Å². The number of rotatable bonds is 6. The Morgan fingerprint density at radius 3 is 2.79 bits per heavy atom. The number of carbonyl (C=O) groups is 2. The van der Waals surface area contributed by atoms with Gasteiger partial charge >= 0.3 is 5.97 Å². The van der Waals surface area contributed by atoms with Gasteiger partial charge in [-0.2, -0.15) is 0 Å². The molecule has 2 rings (SSSR count). The van der Waals surface area contributed by atoms with Crippen LogP contribution in [0.15, 0.2) is 30.5 Å². The number of carboxylic acids is 1. The Labute approximate surface area is 110 Å². The highest BCUT2D eigenvalue weighted by Gasteiger charge is 2.06. The molecule has 0 bridgehead atoms. The van der Waals surface area contributed by atoms with Crippen LogP contribution in [0.4, 0.5) is 0 Å². The van der Waals surface area contributed by atoms with Gasteiger partial charge < -0.3 is 15.4 Å². The maximum Gasteiger partial charge on any atom is 0.305 e. The number of fused-ring (bicyclic) bond motifs is 1. The zero-order valence-corrected chi connectivity index (χ0v) is 10.5. The molecule has 1 aromatic heterocycles. The molecule has 0 aliphatic carbocycles. The molecule has 3 N–H and O–H groups in total. The lowest BCUT2D eigenvalue weighted by atomic mass is 10.1. The van der Waals surface area contributed by atoms with Crippen LogP contribution in [0.2, 0.25) is 0 Å². The lowest BCUT2D eigenvalue weighted by Crippen LogP contribution is -2.26. The van der Waals surface area contributed by atoms with E-state index in [1.165, 1.54) is 0 Å². The second-order valence-corrected chi connectivity index (χ2v) is 4.35. The summed E-state index contributed by atoms with van der Waals surface area (Å²) in [4.78, 5) is 25.0. The van der Waals surface area contributed by atoms with E-state index < -0.39 is 5.97 Å². The van der Waals surface area contributed by atoms with E-state index >= 15 is 0 Å². The first-order valence-corrected chi connectivity index (χ1v) is 6.20. The van der Waals surface area contributed by atoms with Crippen LogP contribution in [-0.2, 0) is 16.0 Å². The van der Waals surface area contributed by atoms with Crippen LogP contribution >= 0.6 is 0 Å². The average Bonchev–Trinajstić information content (AvgIpc) is 2.79. The summed E-state index contributed by atoms with van der Waals surface area (Å²) in [6.07, 6.45) is 2.87. The fourth-order valence-electron chi connectivity index (χ4n) is 1.98. The molecule has 0 saturated heterocycles. The topological polar surface area (TPSA) is 82.2 Å². The van der Waals surface area contributed by atoms with Crippen molar-refractivity contribution in [1.29, 1.82) is 0 Å². The van der Waals surface area contributed by atoms with Crippen molar-refractivity contribution in [2.75, 3.05) is 6.54 Å². The zero-order chi connectivity index (χ0) is 13.7. The average molecular weight is 260 g/mol. The first-order chi connectivity index (χ1) is 9.16. The Hall–Kier alpha value is -2.30. The second-order valence-electron chi connectivity index (χ2n) is 4.35. The molecule has 1 heterocycles. The number of benzene rings is 1. The third-order valence-electron chi connectivity index (χ3n) is 2.96. The minimum Gasteiger partial charge on any atom is -0.481 e. The number of aromatic nitrogens is 1. The number of para-hydroxylation sites is 1. The van der Waals surface area contributed by atoms with Crippen molar-refractivity contribution in [1.82, 2.24) is 10.3 Å². The number of carboxylic acid groups (broad SMARTS) is 1. The lowest BCUT2D eigenvalue weighted by molar-refractivity contribution is -0.136. The molecule has 0 fully saturated rings. The van der Waals surface area contributed by atoms with Crippen LogP contribution in [0.3, 0.4) is 0 Å². The summed E-state index contributed by atoms with van der Waals surface area (Å²) in [6.45, 7) is 0.183. The number of amides is 1. The van der Waals surface area contributed by atoms with Gasteiger partial charge in [-0.05, 0) is 18.1 Å². The predicted molar refractivity (Wildman–Crippen MR) is 71.9 cm³/mol. The summed E-state index contributed by atoms with van der Waals surface area (Å²) in [7, 11) is 0. The van der Waals surface area contributed by atoms with Gasteiger partial charge in [0.1, 0.15) is 0 Å². The number of H-pyrrole nitrogens is 1. The lowest BCUT2D eigenvalue weighted by Gasteiger charge is -2.03. The third kappa shape index (κ3) is 3.58. The third-order valence-corrected chi connectivity index (χ3v) is 2.96. The molecular formula is C14H16N2O3. The number of nitrogens with one attached hydrogen (secondary N) is 2. The van der Waals surface area contributed by atoms with Gasteiger partial charge in [-0.15, -0.1) is 0 Å². The first kappa shape index (κ1) is 13.1. The van der Waals surface area contributed by atoms with E-state index in [1.54, 1.807) is 0 Å². The van der Waals surface area contributed by atoms with E-state index in [4.69, 9.17) is 5.11 Å². The Balaban J connectivity index is 1.85. The highest BCUT2D eigenvalue weighted by molar-refractivity contribution is 5.84. The van der Waals surface area contributed by atoms with Crippen LogP contribution in [0.5, 0.6) is 0 Å². The molecule has 2 aromatic rings. The van der Waals surface area contributed by atoms with Crippen molar-refractivity contribution in [3.63, 3.8) is 0 Å². The fraction of sp³-hybridized carbons (Fsp3) is 0.286. The number of hydrogen-bond acceptors (Lipinski definition) is 2. The minimum absolute atomic E-state index is 0.0428. The van der Waals surface area contributed by atoms with Crippen LogP contribution in [0.25, 0.3) is 10.9 Å². The number of aromatic amines is 1. The fourth-order valence-corrected chi connectivity index (χ4v) is 1.98. The molecule has 5 heteroatoms. The van der Waals surface area contributed by atoms with Crippen molar-refractivity contribution in [2.24, 2.45) is 0 Å². The van der Waals surface area contributed by atoms with Gasteiger partial charge in [-0.3, -0.25) is 9.59 Å². The zero-order valence-electron chi connectivity index (χ0n) is 10.5. The van der Waals surface area contributed by atoms with E-state index in [9.17, 15) is 9.59 Å². The van der Waals surface area contributed by atoms with Crippen molar-refractivity contribution in [3.8, 4) is 0 Å². The van der Waals surface area contributed by atoms with Gasteiger partial charge in [-0.1, -0.05) is 18.2 Å². The molecular weight excluding hydrogens is 244 g/mol. The van der Waals surface area contributed by atoms with Gasteiger partial charge in [0.15, 0.2) is 0 Å². The van der Waals surface area contributed by atoms with Gasteiger partial charge in [0.25, 0.3) is 0 Å². The molecule has 0 saturated carbocycles. The normalized spacial score (nSPS) is 10.5. The van der Waals surface area contributed by atoms with Crippen LogP contribution < -0.4 is 5.32 Å². The molecule has 0 aliphatic heterocycles. The second kappa shape index (κ2) is 6.04. The number of aryl methyl sites for hydroxylation is 1. The number of hydrogen-bond donors (Lipinski definition) is 3. The summed E-state index contributed by atoms with van der Waals surface area (Å²) in [5, 5.41) is 12.2. The number of aliphatic carboxylic acids is 1. The summed E-state index contributed by atoms with van der Waals surface area (Å²) in [5.41, 5.74) is 2.16. The molecule has 1 aromatic carbocycles. The maximum atomic E-state index is 11.5. The maximum absolute atomic E-state index is 11.5. The minimum atomic E-state index is -0.906. The van der Waals surface area contributed by atoms with Crippen LogP contribution in [0.1, 0.15) is 18.4 Å². The first-order valence-electron chi connectivity index (χ1n) is 6.20. The molecule has 1 amide bonds. The van der Waals surface area contributed by atoms with E-state index in [1.807, 2.05) is 30.5 Å². The molecule has 19 heavy (non-hydrogen) atoms. The highest BCUT2D eigenvalue weighted by atomic mass is 16.4. The quantitative estimate of drug-likeness (QED) is 0.739. The van der Waals surface area contributed by atoms with Crippen molar-refractivity contribution >= 4 is 22.8 Å². The Morgan fingerprint density at radius 1 is 1.21 bits per heavy atom. The van der Waals surface area contributed by atoms with Crippen molar-refractivity contribution in [3.05, 3.63) is 36.0 Å². The molecule has 0 spiro atoms. The van der Waals surface area contributed by atoms with E-state index in [0.717, 1.165) is 16.5 Å². The van der Waals surface area contributed by atoms with E-state index in [2.05, 4.69) is 10.3 Å². The van der Waals surface area contributed by atoms with Gasteiger partial charge in [0.05, 0.1) is 6.42 Å². The van der Waals surface area contributed by atoms with Gasteiger partial charge in [-0.25, -0.2) is 0 Å². The van der Waals surface area contributed by atoms with E-state index in [-0.39, 0.29) is 18.9 Å². The van der Waals surface area contributed by atoms with Crippen molar-refractivity contribution in [2.45, 2.75) is 19.3 Å². The predicted octanol–water partition coefficient (Wildman–Crippen LogP) is 1.69. The van der Waals surface area contributed by atoms with Crippen LogP contribution in [-0.4, -0.2) is 28.5 Å². The summed E-state index contributed by atoms with van der Waals surface area (Å²) in [6, 6.07) is 7.93. The molecule has 0 aliphatic rings. The van der Waals surface area contributed by atoms with Crippen LogP contribution in [0, 0.1) is 0 Å². The SMILES string of the molecule is O=C(O)CCNC(=O)CCc1c[nH]c2ccccc12. The molecule has 0 unspecified atom stereocenters. The molecule has 5 nitrogen and oxygen atoms in total.